The van der Waals surface area contributed by atoms with Gasteiger partial charge < -0.3 is 4.74 Å². The van der Waals surface area contributed by atoms with Gasteiger partial charge in [0.25, 0.3) is 0 Å². The molecule has 1 aromatic carbocycles. The summed E-state index contributed by atoms with van der Waals surface area (Å²) in [7, 11) is 0. The molecule has 0 saturated heterocycles. The molecule has 19 heavy (non-hydrogen) atoms. The van der Waals surface area contributed by atoms with E-state index < -0.39 is 0 Å². The summed E-state index contributed by atoms with van der Waals surface area (Å²) in [6, 6.07) is 7.37. The summed E-state index contributed by atoms with van der Waals surface area (Å²) in [5, 5.41) is 8.97. The van der Waals surface area contributed by atoms with Crippen LogP contribution in [0.4, 0.5) is 0 Å². The first kappa shape index (κ1) is 13.4. The summed E-state index contributed by atoms with van der Waals surface area (Å²) in [5.74, 6) is 0.598. The van der Waals surface area contributed by atoms with Crippen LogP contribution in [0.15, 0.2) is 18.2 Å². The topological polar surface area (TPSA) is 74.2 Å². The molecule has 0 radical (unpaired) electrons. The van der Waals surface area contributed by atoms with Crippen molar-refractivity contribution in [3.8, 4) is 11.8 Å². The van der Waals surface area contributed by atoms with Crippen LogP contribution in [0, 0.1) is 11.3 Å². The van der Waals surface area contributed by atoms with Crippen molar-refractivity contribution in [1.82, 2.24) is 10.9 Å². The molecule has 100 valence electrons. The average molecular weight is 259 g/mol. The van der Waals surface area contributed by atoms with E-state index in [2.05, 4.69) is 16.9 Å². The Kier molecular flexibility index (Phi) is 3.45. The number of nitriles is 1. The zero-order valence-electron chi connectivity index (χ0n) is 11.3. The van der Waals surface area contributed by atoms with Crippen molar-refractivity contribution in [1.29, 1.82) is 5.26 Å². The first-order valence-electron chi connectivity index (χ1n) is 6.16. The molecule has 0 saturated carbocycles. The lowest BCUT2D eigenvalue weighted by Gasteiger charge is -2.38. The zero-order valence-corrected chi connectivity index (χ0v) is 11.3. The van der Waals surface area contributed by atoms with E-state index in [4.69, 9.17) is 10.00 Å². The molecule has 0 bridgehead atoms. The number of nitrogens with zero attached hydrogens (tertiary/aromatic N) is 1. The summed E-state index contributed by atoms with van der Waals surface area (Å²) < 4.78 is 5.89. The van der Waals surface area contributed by atoms with Crippen LogP contribution in [0.2, 0.25) is 0 Å². The Morgan fingerprint density at radius 3 is 2.89 bits per heavy atom. The standard InChI is InChI=1S/C14H17N3O2/c1-9(18)16-17-12-7-14(2,3)19-13-5-4-10(8-15)6-11(12)13/h4-6,12,17H,7H2,1-3H3,(H,16,18). The molecule has 0 aromatic heterocycles. The molecular weight excluding hydrogens is 242 g/mol. The molecule has 1 aliphatic rings. The van der Waals surface area contributed by atoms with Crippen LogP contribution in [0.3, 0.4) is 0 Å². The second-order valence-corrected chi connectivity index (χ2v) is 5.31. The van der Waals surface area contributed by atoms with E-state index in [1.165, 1.54) is 6.92 Å². The number of carbonyl (C=O) groups excluding carboxylic acids is 1. The Labute approximate surface area is 112 Å². The maximum absolute atomic E-state index is 11.0. The SMILES string of the molecule is CC(=O)NNC1CC(C)(C)Oc2ccc(C#N)cc21. The Balaban J connectivity index is 2.34. The maximum Gasteiger partial charge on any atom is 0.230 e. The molecule has 1 aromatic rings. The first-order valence-corrected chi connectivity index (χ1v) is 6.16. The smallest absolute Gasteiger partial charge is 0.230 e. The highest BCUT2D eigenvalue weighted by Gasteiger charge is 2.33. The second-order valence-electron chi connectivity index (χ2n) is 5.31. The van der Waals surface area contributed by atoms with Crippen LogP contribution in [0.5, 0.6) is 5.75 Å². The van der Waals surface area contributed by atoms with Gasteiger partial charge in [0, 0.05) is 18.9 Å². The van der Waals surface area contributed by atoms with Gasteiger partial charge >= 0.3 is 0 Å². The highest BCUT2D eigenvalue weighted by atomic mass is 16.5. The van der Waals surface area contributed by atoms with E-state index >= 15 is 0 Å². The van der Waals surface area contributed by atoms with Gasteiger partial charge in [0.1, 0.15) is 11.4 Å². The monoisotopic (exact) mass is 259 g/mol. The van der Waals surface area contributed by atoms with Crippen molar-refractivity contribution in [3.63, 3.8) is 0 Å². The Morgan fingerprint density at radius 1 is 1.53 bits per heavy atom. The van der Waals surface area contributed by atoms with E-state index in [1.54, 1.807) is 18.2 Å². The molecule has 0 fully saturated rings. The molecule has 5 nitrogen and oxygen atoms in total. The zero-order chi connectivity index (χ0) is 14.0. The highest BCUT2D eigenvalue weighted by Crippen LogP contribution is 2.39. The van der Waals surface area contributed by atoms with Gasteiger partial charge in [-0.3, -0.25) is 10.2 Å². The molecule has 0 aliphatic carbocycles. The second kappa shape index (κ2) is 4.90. The van der Waals surface area contributed by atoms with Gasteiger partial charge in [0.2, 0.25) is 5.91 Å². The predicted molar refractivity (Wildman–Crippen MR) is 70.2 cm³/mol. The van der Waals surface area contributed by atoms with Crippen molar-refractivity contribution < 1.29 is 9.53 Å². The molecule has 1 amide bonds. The van der Waals surface area contributed by atoms with Crippen LogP contribution in [0.1, 0.15) is 44.4 Å². The summed E-state index contributed by atoms with van der Waals surface area (Å²) in [4.78, 5) is 11.0. The third kappa shape index (κ3) is 3.04. The van der Waals surface area contributed by atoms with Gasteiger partial charge in [-0.25, -0.2) is 5.43 Å². The number of hydrogen-bond acceptors (Lipinski definition) is 4. The number of carbonyl (C=O) groups is 1. The third-order valence-corrected chi connectivity index (χ3v) is 3.02. The fraction of sp³-hybridized carbons (Fsp3) is 0.429. The Morgan fingerprint density at radius 2 is 2.26 bits per heavy atom. The van der Waals surface area contributed by atoms with Crippen LogP contribution < -0.4 is 15.6 Å². The van der Waals surface area contributed by atoms with Gasteiger partial charge in [-0.1, -0.05) is 0 Å². The van der Waals surface area contributed by atoms with Crippen molar-refractivity contribution >= 4 is 5.91 Å². The van der Waals surface area contributed by atoms with Crippen LogP contribution >= 0.6 is 0 Å². The number of hydrazine groups is 1. The molecular formula is C14H17N3O2. The maximum atomic E-state index is 11.0. The summed E-state index contributed by atoms with van der Waals surface area (Å²) in [6.07, 6.45) is 0.704. The number of fused-ring (bicyclic) bond motifs is 1. The van der Waals surface area contributed by atoms with Crippen LogP contribution in [-0.2, 0) is 4.79 Å². The van der Waals surface area contributed by atoms with E-state index in [1.807, 2.05) is 13.8 Å². The van der Waals surface area contributed by atoms with E-state index in [-0.39, 0.29) is 17.6 Å². The number of amides is 1. The lowest BCUT2D eigenvalue weighted by atomic mass is 9.89. The normalized spacial score (nSPS) is 19.8. The average Bonchev–Trinajstić information content (AvgIpc) is 2.34. The minimum absolute atomic E-state index is 0.0732. The number of benzene rings is 1. The van der Waals surface area contributed by atoms with Gasteiger partial charge in [0.05, 0.1) is 17.7 Å². The lowest BCUT2D eigenvalue weighted by molar-refractivity contribution is -0.120. The summed E-state index contributed by atoms with van der Waals surface area (Å²) >= 11 is 0. The Bertz CT molecular complexity index is 546. The molecule has 0 spiro atoms. The van der Waals surface area contributed by atoms with Crippen molar-refractivity contribution in [2.24, 2.45) is 0 Å². The fourth-order valence-corrected chi connectivity index (χ4v) is 2.24. The lowest BCUT2D eigenvalue weighted by Crippen LogP contribution is -2.45. The predicted octanol–water partition coefficient (Wildman–Crippen LogP) is 1.80. The minimum Gasteiger partial charge on any atom is -0.487 e. The largest absolute Gasteiger partial charge is 0.487 e. The van der Waals surface area contributed by atoms with Crippen LogP contribution in [0.25, 0.3) is 0 Å². The minimum atomic E-state index is -0.322. The molecule has 5 heteroatoms. The summed E-state index contributed by atoms with van der Waals surface area (Å²) in [6.45, 7) is 5.44. The third-order valence-electron chi connectivity index (χ3n) is 3.02. The fourth-order valence-electron chi connectivity index (χ4n) is 2.24. The molecule has 1 aliphatic heterocycles. The van der Waals surface area contributed by atoms with Crippen molar-refractivity contribution in [2.75, 3.05) is 0 Å². The van der Waals surface area contributed by atoms with Crippen LogP contribution in [-0.4, -0.2) is 11.5 Å². The number of hydrogen-bond donors (Lipinski definition) is 2. The molecule has 1 atom stereocenters. The van der Waals surface area contributed by atoms with Crippen molar-refractivity contribution in [2.45, 2.75) is 38.8 Å². The molecule has 2 N–H and O–H groups in total. The number of ether oxygens (including phenoxy) is 1. The number of nitrogens with one attached hydrogen (secondary N) is 2. The molecule has 1 unspecified atom stereocenters. The van der Waals surface area contributed by atoms with Gasteiger partial charge in [0.15, 0.2) is 0 Å². The Hall–Kier alpha value is -2.06. The van der Waals surface area contributed by atoms with Crippen molar-refractivity contribution in [3.05, 3.63) is 29.3 Å². The quantitative estimate of drug-likeness (QED) is 0.794. The molecule has 2 rings (SSSR count). The van der Waals surface area contributed by atoms with E-state index in [0.29, 0.717) is 12.0 Å². The van der Waals surface area contributed by atoms with E-state index in [9.17, 15) is 4.79 Å². The molecule has 1 heterocycles. The van der Waals surface area contributed by atoms with E-state index in [0.717, 1.165) is 11.3 Å². The highest BCUT2D eigenvalue weighted by molar-refractivity contribution is 5.72. The van der Waals surface area contributed by atoms with Gasteiger partial charge in [-0.15, -0.1) is 0 Å². The van der Waals surface area contributed by atoms with Gasteiger partial charge in [-0.05, 0) is 32.0 Å². The summed E-state index contributed by atoms with van der Waals surface area (Å²) in [5.41, 5.74) is 6.75. The number of rotatable bonds is 2. The van der Waals surface area contributed by atoms with Gasteiger partial charge in [-0.2, -0.15) is 5.26 Å². The first-order chi connectivity index (χ1) is 8.91.